The largest absolute Gasteiger partial charge is 0.272 e. The normalized spacial score (nSPS) is 11.8. The molecule has 0 saturated heterocycles. The first-order chi connectivity index (χ1) is 8.95. The Labute approximate surface area is 114 Å². The summed E-state index contributed by atoms with van der Waals surface area (Å²) < 4.78 is 0. The molecule has 1 aromatic rings. The number of hydrazone groups is 1. The van der Waals surface area contributed by atoms with Crippen molar-refractivity contribution in [2.45, 2.75) is 39.0 Å². The third-order valence-corrected chi connectivity index (χ3v) is 2.86. The zero-order valence-electron chi connectivity index (χ0n) is 11.6. The maximum atomic E-state index is 11.1. The van der Waals surface area contributed by atoms with Crippen molar-refractivity contribution in [3.05, 3.63) is 35.9 Å². The first kappa shape index (κ1) is 14.9. The van der Waals surface area contributed by atoms with E-state index in [1.54, 1.807) is 6.07 Å². The van der Waals surface area contributed by atoms with Gasteiger partial charge in [-0.05, 0) is 24.3 Å². The molecule has 0 aliphatic carbocycles. The van der Waals surface area contributed by atoms with Gasteiger partial charge in [0.05, 0.1) is 6.07 Å². The average molecular weight is 257 g/mol. The second kappa shape index (κ2) is 6.69. The van der Waals surface area contributed by atoms with Crippen molar-refractivity contribution in [1.29, 1.82) is 5.26 Å². The van der Waals surface area contributed by atoms with Crippen molar-refractivity contribution in [2.75, 3.05) is 0 Å². The van der Waals surface area contributed by atoms with Gasteiger partial charge >= 0.3 is 0 Å². The maximum absolute atomic E-state index is 11.1. The van der Waals surface area contributed by atoms with Crippen LogP contribution in [0.25, 0.3) is 0 Å². The third-order valence-electron chi connectivity index (χ3n) is 2.86. The van der Waals surface area contributed by atoms with Crippen LogP contribution in [0.5, 0.6) is 0 Å². The highest BCUT2D eigenvalue weighted by molar-refractivity contribution is 5.85. The molecule has 0 heterocycles. The number of carbonyl (C=O) groups is 1. The summed E-state index contributed by atoms with van der Waals surface area (Å²) in [4.78, 5) is 11.1. The molecule has 4 nitrogen and oxygen atoms in total. The second-order valence-electron chi connectivity index (χ2n) is 5.14. The smallest absolute Gasteiger partial charge is 0.254 e. The van der Waals surface area contributed by atoms with E-state index < -0.39 is 0 Å². The Morgan fingerprint density at radius 3 is 2.58 bits per heavy atom. The highest BCUT2D eigenvalue weighted by Gasteiger charge is 2.21. The molecule has 100 valence electrons. The van der Waals surface area contributed by atoms with Gasteiger partial charge in [0, 0.05) is 5.71 Å². The second-order valence-corrected chi connectivity index (χ2v) is 5.14. The summed E-state index contributed by atoms with van der Waals surface area (Å²) in [6.07, 6.45) is 0.572. The van der Waals surface area contributed by atoms with Crippen molar-refractivity contribution in [1.82, 2.24) is 5.43 Å². The van der Waals surface area contributed by atoms with E-state index in [0.29, 0.717) is 0 Å². The number of carbonyl (C=O) groups excluding carboxylic acids is 1. The predicted molar refractivity (Wildman–Crippen MR) is 75.6 cm³/mol. The summed E-state index contributed by atoms with van der Waals surface area (Å²) in [5, 5.41) is 12.4. The summed E-state index contributed by atoms with van der Waals surface area (Å²) >= 11 is 0. The van der Waals surface area contributed by atoms with Gasteiger partial charge in [-0.2, -0.15) is 10.4 Å². The molecule has 0 atom stereocenters. The summed E-state index contributed by atoms with van der Waals surface area (Å²) in [5.74, 6) is -0.376. The minimum Gasteiger partial charge on any atom is -0.272 e. The van der Waals surface area contributed by atoms with Crippen LogP contribution in [-0.4, -0.2) is 11.6 Å². The van der Waals surface area contributed by atoms with Crippen molar-refractivity contribution >= 4 is 11.6 Å². The van der Waals surface area contributed by atoms with E-state index in [1.165, 1.54) is 5.56 Å². The number of rotatable bonds is 5. The van der Waals surface area contributed by atoms with Gasteiger partial charge in [0.25, 0.3) is 5.91 Å². The molecule has 0 saturated carbocycles. The van der Waals surface area contributed by atoms with Crippen molar-refractivity contribution in [2.24, 2.45) is 5.10 Å². The van der Waals surface area contributed by atoms with Crippen LogP contribution >= 0.6 is 0 Å². The number of hydrogen-bond donors (Lipinski definition) is 1. The molecular weight excluding hydrogens is 238 g/mol. The number of benzene rings is 1. The Bertz CT molecular complexity index is 498. The topological polar surface area (TPSA) is 65.2 Å². The van der Waals surface area contributed by atoms with E-state index in [1.807, 2.05) is 25.1 Å². The van der Waals surface area contributed by atoms with Gasteiger partial charge in [-0.25, -0.2) is 5.43 Å². The summed E-state index contributed by atoms with van der Waals surface area (Å²) in [5.41, 5.74) is 4.40. The number of nitrogens with one attached hydrogen (secondary N) is 1. The van der Waals surface area contributed by atoms with Gasteiger partial charge in [-0.1, -0.05) is 44.2 Å². The molecule has 1 N–H and O–H groups in total. The number of hydrogen-bond acceptors (Lipinski definition) is 3. The Kier molecular flexibility index (Phi) is 5.25. The molecular formula is C15H19N3O. The van der Waals surface area contributed by atoms with Gasteiger partial charge in [0.15, 0.2) is 0 Å². The minimum atomic E-state index is -0.376. The van der Waals surface area contributed by atoms with E-state index in [4.69, 9.17) is 5.26 Å². The summed E-state index contributed by atoms with van der Waals surface area (Å²) in [6, 6.07) is 12.0. The monoisotopic (exact) mass is 257 g/mol. The Morgan fingerprint density at radius 1 is 1.37 bits per heavy atom. The van der Waals surface area contributed by atoms with Crippen molar-refractivity contribution in [3.63, 3.8) is 0 Å². The van der Waals surface area contributed by atoms with Crippen LogP contribution in [0.1, 0.15) is 39.2 Å². The Hall–Kier alpha value is -2.15. The lowest BCUT2D eigenvalue weighted by Crippen LogP contribution is -2.23. The van der Waals surface area contributed by atoms with Gasteiger partial charge in [0.1, 0.15) is 6.42 Å². The van der Waals surface area contributed by atoms with Gasteiger partial charge in [0.2, 0.25) is 0 Å². The molecule has 0 spiro atoms. The van der Waals surface area contributed by atoms with E-state index in [0.717, 1.165) is 12.1 Å². The molecule has 0 aliphatic rings. The SMILES string of the molecule is C/C(CC(C)(C)c1ccccc1)=N/NC(=O)CC#N. The lowest BCUT2D eigenvalue weighted by atomic mass is 9.80. The molecule has 1 aromatic carbocycles. The first-order valence-electron chi connectivity index (χ1n) is 6.20. The fourth-order valence-electron chi connectivity index (χ4n) is 1.94. The van der Waals surface area contributed by atoms with E-state index in [9.17, 15) is 4.79 Å². The van der Waals surface area contributed by atoms with Crippen LogP contribution in [0.4, 0.5) is 0 Å². The summed E-state index contributed by atoms with van der Waals surface area (Å²) in [7, 11) is 0. The van der Waals surface area contributed by atoms with Crippen LogP contribution in [0.3, 0.4) is 0 Å². The average Bonchev–Trinajstić information content (AvgIpc) is 2.37. The summed E-state index contributed by atoms with van der Waals surface area (Å²) in [6.45, 7) is 6.15. The molecule has 0 radical (unpaired) electrons. The standard InChI is InChI=1S/C15H19N3O/c1-12(17-18-14(19)9-10-16)11-15(2,3)13-7-5-4-6-8-13/h4-8H,9,11H2,1-3H3,(H,18,19)/b17-12-. The fraction of sp³-hybridized carbons (Fsp3) is 0.400. The maximum Gasteiger partial charge on any atom is 0.254 e. The number of nitrogens with zero attached hydrogens (tertiary/aromatic N) is 2. The van der Waals surface area contributed by atoms with E-state index >= 15 is 0 Å². The molecule has 0 unspecified atom stereocenters. The van der Waals surface area contributed by atoms with Crippen LogP contribution in [-0.2, 0) is 10.2 Å². The minimum absolute atomic E-state index is 0.0468. The van der Waals surface area contributed by atoms with Crippen LogP contribution in [0, 0.1) is 11.3 Å². The number of nitriles is 1. The molecule has 0 bridgehead atoms. The van der Waals surface area contributed by atoms with Crippen molar-refractivity contribution in [3.8, 4) is 6.07 Å². The number of amides is 1. The Morgan fingerprint density at radius 2 is 2.00 bits per heavy atom. The van der Waals surface area contributed by atoms with Crippen molar-refractivity contribution < 1.29 is 4.79 Å². The van der Waals surface area contributed by atoms with E-state index in [2.05, 4.69) is 36.5 Å². The highest BCUT2D eigenvalue weighted by Crippen LogP contribution is 2.27. The van der Waals surface area contributed by atoms with Gasteiger partial charge in [-0.3, -0.25) is 4.79 Å². The lowest BCUT2D eigenvalue weighted by Gasteiger charge is -2.25. The van der Waals surface area contributed by atoms with Crippen LogP contribution < -0.4 is 5.43 Å². The molecule has 19 heavy (non-hydrogen) atoms. The van der Waals surface area contributed by atoms with Crippen LogP contribution in [0.15, 0.2) is 35.4 Å². The Balaban J connectivity index is 2.66. The van der Waals surface area contributed by atoms with Crippen LogP contribution in [0.2, 0.25) is 0 Å². The molecule has 0 aliphatic heterocycles. The molecule has 0 aromatic heterocycles. The molecule has 1 amide bonds. The molecule has 4 heteroatoms. The van der Waals surface area contributed by atoms with Gasteiger partial charge in [-0.15, -0.1) is 0 Å². The molecule has 0 fully saturated rings. The predicted octanol–water partition coefficient (Wildman–Crippen LogP) is 2.76. The third kappa shape index (κ3) is 4.92. The van der Waals surface area contributed by atoms with E-state index in [-0.39, 0.29) is 17.7 Å². The quantitative estimate of drug-likeness (QED) is 0.651. The molecule has 1 rings (SSSR count). The zero-order chi connectivity index (χ0) is 14.3. The highest BCUT2D eigenvalue weighted by atomic mass is 16.2. The van der Waals surface area contributed by atoms with Gasteiger partial charge < -0.3 is 0 Å². The zero-order valence-corrected chi connectivity index (χ0v) is 11.6. The lowest BCUT2D eigenvalue weighted by molar-refractivity contribution is -0.120. The fourth-order valence-corrected chi connectivity index (χ4v) is 1.94. The first-order valence-corrected chi connectivity index (χ1v) is 6.20.